The third-order valence-electron chi connectivity index (χ3n) is 1.48. The van der Waals surface area contributed by atoms with Gasteiger partial charge in [-0.25, -0.2) is 18.2 Å². The van der Waals surface area contributed by atoms with Crippen LogP contribution in [-0.2, 0) is 6.42 Å². The van der Waals surface area contributed by atoms with Gasteiger partial charge in [-0.2, -0.15) is 5.26 Å². The van der Waals surface area contributed by atoms with E-state index >= 15 is 0 Å². The molecule has 0 aliphatic heterocycles. The van der Waals surface area contributed by atoms with E-state index < -0.39 is 17.9 Å². The summed E-state index contributed by atoms with van der Waals surface area (Å²) < 4.78 is 37.1. The third-order valence-corrected chi connectivity index (χ3v) is 1.81. The molecule has 0 unspecified atom stereocenters. The van der Waals surface area contributed by atoms with E-state index in [0.717, 1.165) is 6.07 Å². The Morgan fingerprint density at radius 2 is 2.21 bits per heavy atom. The first-order chi connectivity index (χ1) is 6.56. The van der Waals surface area contributed by atoms with Crippen LogP contribution >= 0.6 is 11.6 Å². The van der Waals surface area contributed by atoms with E-state index in [2.05, 4.69) is 4.98 Å². The highest BCUT2D eigenvalue weighted by atomic mass is 35.5. The summed E-state index contributed by atoms with van der Waals surface area (Å²) in [6.45, 7) is 0. The fourth-order valence-corrected chi connectivity index (χ4v) is 1.08. The monoisotopic (exact) mass is 220 g/mol. The molecule has 1 aromatic heterocycles. The predicted molar refractivity (Wildman–Crippen MR) is 43.5 cm³/mol. The molecule has 0 spiro atoms. The van der Waals surface area contributed by atoms with E-state index in [0.29, 0.717) is 0 Å². The zero-order chi connectivity index (χ0) is 10.7. The summed E-state index contributed by atoms with van der Waals surface area (Å²) in [5.41, 5.74) is -1.01. The second kappa shape index (κ2) is 4.29. The van der Waals surface area contributed by atoms with Crippen LogP contribution in [0.5, 0.6) is 0 Å². The summed E-state index contributed by atoms with van der Waals surface area (Å²) in [6.07, 6.45) is -3.23. The Bertz CT molecular complexity index is 387. The van der Waals surface area contributed by atoms with Crippen LogP contribution in [0.2, 0.25) is 5.02 Å². The molecule has 0 aliphatic carbocycles. The number of nitriles is 1. The molecule has 0 radical (unpaired) electrons. The highest BCUT2D eigenvalue weighted by molar-refractivity contribution is 6.31. The lowest BCUT2D eigenvalue weighted by atomic mass is 10.2. The Kier molecular flexibility index (Phi) is 3.31. The molecule has 0 aromatic carbocycles. The van der Waals surface area contributed by atoms with Gasteiger partial charge in [0, 0.05) is 0 Å². The van der Waals surface area contributed by atoms with Crippen LogP contribution in [0.1, 0.15) is 17.8 Å². The zero-order valence-corrected chi connectivity index (χ0v) is 7.52. The van der Waals surface area contributed by atoms with Crippen molar-refractivity contribution >= 4 is 11.6 Å². The molecular formula is C8H4ClF3N2. The van der Waals surface area contributed by atoms with E-state index in [4.69, 9.17) is 16.9 Å². The molecule has 1 heterocycles. The molecule has 0 N–H and O–H groups in total. The summed E-state index contributed by atoms with van der Waals surface area (Å²) in [4.78, 5) is 3.28. The number of alkyl halides is 2. The standard InChI is InChI=1S/C8H4ClF3N2/c9-4-3-5(10)7(8(11)12)14-6(4)1-2-13/h3,8H,1H2. The van der Waals surface area contributed by atoms with Crippen molar-refractivity contribution in [3.63, 3.8) is 0 Å². The van der Waals surface area contributed by atoms with Crippen molar-refractivity contribution in [3.05, 3.63) is 28.3 Å². The molecule has 14 heavy (non-hydrogen) atoms. The minimum atomic E-state index is -3.01. The van der Waals surface area contributed by atoms with Crippen LogP contribution in [-0.4, -0.2) is 4.98 Å². The van der Waals surface area contributed by atoms with E-state index in [-0.39, 0.29) is 17.1 Å². The summed E-state index contributed by atoms with van der Waals surface area (Å²) in [7, 11) is 0. The van der Waals surface area contributed by atoms with E-state index in [1.807, 2.05) is 0 Å². The fraction of sp³-hybridized carbons (Fsp3) is 0.250. The van der Waals surface area contributed by atoms with Gasteiger partial charge in [-0.3, -0.25) is 0 Å². The van der Waals surface area contributed by atoms with Crippen molar-refractivity contribution in [1.82, 2.24) is 4.98 Å². The number of rotatable bonds is 2. The molecule has 0 bridgehead atoms. The van der Waals surface area contributed by atoms with E-state index in [1.165, 1.54) is 0 Å². The number of pyridine rings is 1. The molecule has 1 rings (SSSR count). The number of nitrogens with zero attached hydrogens (tertiary/aromatic N) is 2. The first-order valence-electron chi connectivity index (χ1n) is 3.56. The Hall–Kier alpha value is -1.28. The van der Waals surface area contributed by atoms with Crippen molar-refractivity contribution in [2.24, 2.45) is 0 Å². The summed E-state index contributed by atoms with van der Waals surface area (Å²) in [5, 5.41) is 8.20. The molecule has 2 nitrogen and oxygen atoms in total. The minimum absolute atomic E-state index is 0.0362. The first kappa shape index (κ1) is 10.8. The number of halogens is 4. The lowest BCUT2D eigenvalue weighted by molar-refractivity contribution is 0.140. The lowest BCUT2D eigenvalue weighted by Gasteiger charge is -2.04. The van der Waals surface area contributed by atoms with Crippen LogP contribution in [0.3, 0.4) is 0 Å². The van der Waals surface area contributed by atoms with Crippen molar-refractivity contribution < 1.29 is 13.2 Å². The maximum Gasteiger partial charge on any atom is 0.283 e. The number of hydrogen-bond acceptors (Lipinski definition) is 2. The second-order valence-electron chi connectivity index (χ2n) is 2.42. The molecule has 74 valence electrons. The van der Waals surface area contributed by atoms with E-state index in [1.54, 1.807) is 6.07 Å². The van der Waals surface area contributed by atoms with Crippen molar-refractivity contribution in [1.29, 1.82) is 5.26 Å². The van der Waals surface area contributed by atoms with Crippen LogP contribution in [0.25, 0.3) is 0 Å². The Morgan fingerprint density at radius 1 is 1.57 bits per heavy atom. The Labute approximate surface area is 82.9 Å². The molecule has 0 amide bonds. The first-order valence-corrected chi connectivity index (χ1v) is 3.94. The number of hydrogen-bond donors (Lipinski definition) is 0. The SMILES string of the molecule is N#CCc1nc(C(F)F)c(F)cc1Cl. The zero-order valence-electron chi connectivity index (χ0n) is 6.77. The molecule has 1 aromatic rings. The van der Waals surface area contributed by atoms with Gasteiger partial charge in [0.05, 0.1) is 23.2 Å². The molecular weight excluding hydrogens is 217 g/mol. The molecule has 0 fully saturated rings. The topological polar surface area (TPSA) is 36.7 Å². The molecule has 0 aliphatic rings. The fourth-order valence-electron chi connectivity index (χ4n) is 0.873. The van der Waals surface area contributed by atoms with Crippen LogP contribution in [0.15, 0.2) is 6.07 Å². The normalized spacial score (nSPS) is 10.3. The second-order valence-corrected chi connectivity index (χ2v) is 2.83. The molecule has 0 saturated carbocycles. The van der Waals surface area contributed by atoms with Gasteiger partial charge in [-0.05, 0) is 6.07 Å². The average Bonchev–Trinajstić information content (AvgIpc) is 2.09. The summed E-state index contributed by atoms with van der Waals surface area (Å²) in [6, 6.07) is 2.43. The van der Waals surface area contributed by atoms with E-state index in [9.17, 15) is 13.2 Å². The summed E-state index contributed by atoms with van der Waals surface area (Å²) in [5.74, 6) is -1.16. The van der Waals surface area contributed by atoms with Crippen molar-refractivity contribution in [2.45, 2.75) is 12.8 Å². The highest BCUT2D eigenvalue weighted by Crippen LogP contribution is 2.24. The highest BCUT2D eigenvalue weighted by Gasteiger charge is 2.18. The quantitative estimate of drug-likeness (QED) is 0.768. The van der Waals surface area contributed by atoms with Gasteiger partial charge < -0.3 is 0 Å². The molecule has 0 saturated heterocycles. The Balaban J connectivity index is 3.21. The van der Waals surface area contributed by atoms with Crippen molar-refractivity contribution in [3.8, 4) is 6.07 Å². The van der Waals surface area contributed by atoms with Gasteiger partial charge in [0.15, 0.2) is 5.82 Å². The van der Waals surface area contributed by atoms with Crippen LogP contribution in [0.4, 0.5) is 13.2 Å². The lowest BCUT2D eigenvalue weighted by Crippen LogP contribution is -2.00. The average molecular weight is 221 g/mol. The van der Waals surface area contributed by atoms with Crippen LogP contribution < -0.4 is 0 Å². The van der Waals surface area contributed by atoms with Gasteiger partial charge in [-0.1, -0.05) is 11.6 Å². The minimum Gasteiger partial charge on any atom is -0.246 e. The smallest absolute Gasteiger partial charge is 0.246 e. The largest absolute Gasteiger partial charge is 0.283 e. The predicted octanol–water partition coefficient (Wildman–Crippen LogP) is 2.88. The van der Waals surface area contributed by atoms with Crippen molar-refractivity contribution in [2.75, 3.05) is 0 Å². The summed E-state index contributed by atoms with van der Waals surface area (Å²) >= 11 is 5.49. The Morgan fingerprint density at radius 3 is 2.71 bits per heavy atom. The van der Waals surface area contributed by atoms with Gasteiger partial charge in [-0.15, -0.1) is 0 Å². The van der Waals surface area contributed by atoms with Gasteiger partial charge in [0.1, 0.15) is 5.69 Å². The maximum absolute atomic E-state index is 12.8. The number of aromatic nitrogens is 1. The van der Waals surface area contributed by atoms with Gasteiger partial charge >= 0.3 is 0 Å². The van der Waals surface area contributed by atoms with Gasteiger partial charge in [0.25, 0.3) is 6.43 Å². The third kappa shape index (κ3) is 2.15. The molecule has 6 heteroatoms. The maximum atomic E-state index is 12.8. The van der Waals surface area contributed by atoms with Gasteiger partial charge in [0.2, 0.25) is 0 Å². The van der Waals surface area contributed by atoms with Crippen LogP contribution in [0, 0.1) is 17.1 Å². The molecule has 0 atom stereocenters.